The van der Waals surface area contributed by atoms with Gasteiger partial charge in [-0.15, -0.1) is 0 Å². The molecule has 220 valence electrons. The van der Waals surface area contributed by atoms with E-state index in [1.165, 1.54) is 0 Å². The summed E-state index contributed by atoms with van der Waals surface area (Å²) in [7, 11) is 4.93. The van der Waals surface area contributed by atoms with Crippen molar-refractivity contribution in [3.8, 4) is 11.5 Å². The maximum atomic E-state index is 14.1. The van der Waals surface area contributed by atoms with Gasteiger partial charge >= 0.3 is 6.03 Å². The molecule has 9 heteroatoms. The number of carbonyl (C=O) groups is 3. The van der Waals surface area contributed by atoms with Gasteiger partial charge in [0.05, 0.1) is 20.3 Å². The number of ether oxygens (including phenoxy) is 2. The number of anilines is 2. The largest absolute Gasteiger partial charge is 0.493 e. The van der Waals surface area contributed by atoms with E-state index in [2.05, 4.69) is 24.5 Å². The Hall–Kier alpha value is -4.53. The molecule has 1 spiro atoms. The molecule has 2 heterocycles. The first-order valence-corrected chi connectivity index (χ1v) is 14.2. The van der Waals surface area contributed by atoms with Crippen molar-refractivity contribution >= 4 is 29.2 Å². The van der Waals surface area contributed by atoms with Crippen LogP contribution in [0, 0.1) is 5.92 Å². The summed E-state index contributed by atoms with van der Waals surface area (Å²) >= 11 is 0. The lowest BCUT2D eigenvalue weighted by molar-refractivity contribution is -0.129. The summed E-state index contributed by atoms with van der Waals surface area (Å²) in [6.45, 7) is 5.10. The highest BCUT2D eigenvalue weighted by molar-refractivity contribution is 6.12. The summed E-state index contributed by atoms with van der Waals surface area (Å²) < 4.78 is 10.7. The van der Waals surface area contributed by atoms with Crippen molar-refractivity contribution in [2.24, 2.45) is 5.92 Å². The van der Waals surface area contributed by atoms with E-state index < -0.39 is 11.5 Å². The van der Waals surface area contributed by atoms with Crippen LogP contribution in [0.3, 0.4) is 0 Å². The SMILES string of the molecule is COc1ccc(CCNC(=O)Nc2ccc3c(c2)[C@]2(CC(=O)N(CC(C)C)C2c2ccccc2)C(=O)N3C)cc1OC. The first kappa shape index (κ1) is 29.0. The molecule has 1 saturated heterocycles. The van der Waals surface area contributed by atoms with E-state index in [0.717, 1.165) is 22.4 Å². The predicted molar refractivity (Wildman–Crippen MR) is 162 cm³/mol. The van der Waals surface area contributed by atoms with Crippen LogP contribution in [0.4, 0.5) is 16.2 Å². The number of likely N-dealkylation sites (N-methyl/N-ethyl adjacent to an activating group) is 1. The van der Waals surface area contributed by atoms with Crippen molar-refractivity contribution in [1.29, 1.82) is 0 Å². The normalized spacial score (nSPS) is 19.4. The number of likely N-dealkylation sites (tertiary alicyclic amines) is 1. The molecule has 42 heavy (non-hydrogen) atoms. The molecule has 1 fully saturated rings. The molecule has 3 aromatic carbocycles. The highest BCUT2D eigenvalue weighted by atomic mass is 16.5. The highest BCUT2D eigenvalue weighted by Crippen LogP contribution is 2.57. The number of carbonyl (C=O) groups excluding carboxylic acids is 3. The number of hydrogen-bond acceptors (Lipinski definition) is 5. The lowest BCUT2D eigenvalue weighted by atomic mass is 9.72. The average molecular weight is 571 g/mol. The number of rotatable bonds is 9. The van der Waals surface area contributed by atoms with E-state index in [1.54, 1.807) is 32.2 Å². The number of amides is 4. The Morgan fingerprint density at radius 3 is 2.43 bits per heavy atom. The molecular formula is C33H38N4O5. The standard InChI is InChI=1S/C33H38N4O5/c1-21(2)20-37-29(38)19-33(30(37)23-9-7-6-8-10-23)25-18-24(12-13-26(25)36(3)31(33)39)35-32(40)34-16-15-22-11-14-27(41-4)28(17-22)42-5/h6-14,17-18,21,30H,15-16,19-20H2,1-5H3,(H2,34,35,40)/t30?,33-/m0/s1. The lowest BCUT2D eigenvalue weighted by Crippen LogP contribution is -2.44. The van der Waals surface area contributed by atoms with Gasteiger partial charge in [0.1, 0.15) is 5.41 Å². The van der Waals surface area contributed by atoms with Crippen LogP contribution in [0.15, 0.2) is 66.7 Å². The van der Waals surface area contributed by atoms with E-state index in [0.29, 0.717) is 36.7 Å². The Morgan fingerprint density at radius 2 is 1.74 bits per heavy atom. The summed E-state index contributed by atoms with van der Waals surface area (Å²) in [6.07, 6.45) is 0.684. The van der Waals surface area contributed by atoms with Crippen LogP contribution in [0.25, 0.3) is 0 Å². The smallest absolute Gasteiger partial charge is 0.319 e. The molecule has 5 rings (SSSR count). The molecule has 0 aliphatic carbocycles. The van der Waals surface area contributed by atoms with Crippen molar-refractivity contribution in [2.75, 3.05) is 44.6 Å². The second-order valence-corrected chi connectivity index (χ2v) is 11.3. The number of fused-ring (bicyclic) bond motifs is 2. The lowest BCUT2D eigenvalue weighted by Gasteiger charge is -2.35. The Labute approximate surface area is 246 Å². The fourth-order valence-corrected chi connectivity index (χ4v) is 6.30. The van der Waals surface area contributed by atoms with Gasteiger partial charge in [0.15, 0.2) is 11.5 Å². The van der Waals surface area contributed by atoms with Gasteiger partial charge in [0.25, 0.3) is 0 Å². The monoisotopic (exact) mass is 570 g/mol. The molecule has 0 saturated carbocycles. The molecule has 0 bridgehead atoms. The van der Waals surface area contributed by atoms with Gasteiger partial charge in [0.2, 0.25) is 11.8 Å². The van der Waals surface area contributed by atoms with E-state index in [-0.39, 0.29) is 30.2 Å². The summed E-state index contributed by atoms with van der Waals surface area (Å²) in [4.78, 5) is 44.0. The van der Waals surface area contributed by atoms with Crippen LogP contribution in [0.5, 0.6) is 11.5 Å². The van der Waals surface area contributed by atoms with Gasteiger partial charge in [-0.25, -0.2) is 4.79 Å². The second kappa shape index (κ2) is 11.8. The maximum absolute atomic E-state index is 14.1. The van der Waals surface area contributed by atoms with Gasteiger partial charge in [-0.1, -0.05) is 50.2 Å². The summed E-state index contributed by atoms with van der Waals surface area (Å²) in [6, 6.07) is 20.1. The topological polar surface area (TPSA) is 100 Å². The molecule has 3 aromatic rings. The fourth-order valence-electron chi connectivity index (χ4n) is 6.30. The van der Waals surface area contributed by atoms with Gasteiger partial charge in [0, 0.05) is 37.9 Å². The van der Waals surface area contributed by atoms with Crippen molar-refractivity contribution in [1.82, 2.24) is 10.2 Å². The minimum atomic E-state index is -1.08. The first-order valence-electron chi connectivity index (χ1n) is 14.2. The first-order chi connectivity index (χ1) is 20.2. The predicted octanol–water partition coefficient (Wildman–Crippen LogP) is 4.91. The van der Waals surface area contributed by atoms with Crippen LogP contribution in [-0.2, 0) is 21.4 Å². The zero-order valence-corrected chi connectivity index (χ0v) is 24.8. The van der Waals surface area contributed by atoms with Crippen molar-refractivity contribution in [3.05, 3.63) is 83.4 Å². The third-order valence-electron chi connectivity index (χ3n) is 8.14. The summed E-state index contributed by atoms with van der Waals surface area (Å²) in [5, 5.41) is 5.82. The molecule has 0 radical (unpaired) electrons. The van der Waals surface area contributed by atoms with Crippen LogP contribution < -0.4 is 25.0 Å². The fraction of sp³-hybridized carbons (Fsp3) is 0.364. The van der Waals surface area contributed by atoms with Crippen LogP contribution in [0.2, 0.25) is 0 Å². The molecule has 0 aromatic heterocycles. The zero-order valence-electron chi connectivity index (χ0n) is 24.8. The molecule has 2 atom stereocenters. The Balaban J connectivity index is 1.39. The maximum Gasteiger partial charge on any atom is 0.319 e. The van der Waals surface area contributed by atoms with Crippen LogP contribution in [0.1, 0.15) is 43.0 Å². The molecule has 4 amide bonds. The molecular weight excluding hydrogens is 532 g/mol. The molecule has 1 unspecified atom stereocenters. The van der Waals surface area contributed by atoms with Crippen molar-refractivity contribution < 1.29 is 23.9 Å². The van der Waals surface area contributed by atoms with E-state index in [9.17, 15) is 14.4 Å². The van der Waals surface area contributed by atoms with E-state index in [1.807, 2.05) is 65.6 Å². The third-order valence-corrected chi connectivity index (χ3v) is 8.14. The van der Waals surface area contributed by atoms with Gasteiger partial charge in [-0.2, -0.15) is 0 Å². The Bertz CT molecular complexity index is 1490. The summed E-state index contributed by atoms with van der Waals surface area (Å²) in [5.41, 5.74) is 2.90. The number of hydrogen-bond donors (Lipinski definition) is 2. The second-order valence-electron chi connectivity index (χ2n) is 11.3. The minimum Gasteiger partial charge on any atom is -0.493 e. The quantitative estimate of drug-likeness (QED) is 0.381. The van der Waals surface area contributed by atoms with E-state index in [4.69, 9.17) is 9.47 Å². The zero-order chi connectivity index (χ0) is 30.0. The number of methoxy groups -OCH3 is 2. The summed E-state index contributed by atoms with van der Waals surface area (Å²) in [5.74, 6) is 1.37. The molecule has 9 nitrogen and oxygen atoms in total. The van der Waals surface area contributed by atoms with Gasteiger partial charge < -0.3 is 29.9 Å². The average Bonchev–Trinajstić information content (AvgIpc) is 3.38. The number of nitrogens with zero attached hydrogens (tertiary/aromatic N) is 2. The molecule has 2 aliphatic heterocycles. The van der Waals surface area contributed by atoms with Crippen LogP contribution in [-0.4, -0.2) is 57.1 Å². The number of urea groups is 1. The van der Waals surface area contributed by atoms with Gasteiger partial charge in [-0.3, -0.25) is 9.59 Å². The van der Waals surface area contributed by atoms with Crippen LogP contribution >= 0.6 is 0 Å². The van der Waals surface area contributed by atoms with Crippen molar-refractivity contribution in [2.45, 2.75) is 38.1 Å². The third kappa shape index (κ3) is 5.15. The Morgan fingerprint density at radius 1 is 1.00 bits per heavy atom. The molecule has 2 aliphatic rings. The highest BCUT2D eigenvalue weighted by Gasteiger charge is 2.63. The van der Waals surface area contributed by atoms with E-state index >= 15 is 0 Å². The minimum absolute atomic E-state index is 0.0431. The number of benzene rings is 3. The van der Waals surface area contributed by atoms with Crippen molar-refractivity contribution in [3.63, 3.8) is 0 Å². The Kier molecular flexibility index (Phi) is 8.11. The van der Waals surface area contributed by atoms with Gasteiger partial charge in [-0.05, 0) is 59.4 Å². The number of nitrogens with one attached hydrogen (secondary N) is 2. The molecule has 2 N–H and O–H groups in total.